The van der Waals surface area contributed by atoms with Gasteiger partial charge in [-0.2, -0.15) is 12.6 Å². The van der Waals surface area contributed by atoms with Crippen molar-refractivity contribution in [2.75, 3.05) is 5.75 Å². The lowest BCUT2D eigenvalue weighted by Crippen LogP contribution is -2.45. The van der Waals surface area contributed by atoms with Crippen molar-refractivity contribution in [2.45, 2.75) is 19.3 Å². The molecule has 0 aliphatic heterocycles. The average molecular weight is 236 g/mol. The molecule has 2 amide bonds. The molecule has 15 heavy (non-hydrogen) atoms. The number of esters is 1. The highest BCUT2D eigenvalue weighted by molar-refractivity contribution is 7.80. The average Bonchev–Trinajstić information content (AvgIpc) is 2.13. The number of hydrogen-bond donors (Lipinski definition) is 4. The quantitative estimate of drug-likeness (QED) is 0.245. The molecule has 2 atom stereocenters. The van der Waals surface area contributed by atoms with Crippen molar-refractivity contribution < 1.29 is 24.2 Å². The Labute approximate surface area is 91.4 Å². The Bertz CT molecular complexity index is 270. The lowest BCUT2D eigenvalue weighted by atomic mass is 10.3. The van der Waals surface area contributed by atoms with Crippen LogP contribution >= 0.6 is 12.6 Å². The Hall–Kier alpha value is -1.28. The van der Waals surface area contributed by atoms with E-state index in [4.69, 9.17) is 5.11 Å². The molecule has 4 N–H and O–H groups in total. The van der Waals surface area contributed by atoms with Gasteiger partial charge in [0.05, 0.1) is 0 Å². The van der Waals surface area contributed by atoms with Gasteiger partial charge in [0.2, 0.25) is 5.91 Å². The van der Waals surface area contributed by atoms with Gasteiger partial charge >= 0.3 is 5.97 Å². The Morgan fingerprint density at radius 3 is 2.40 bits per heavy atom. The van der Waals surface area contributed by atoms with E-state index in [0.717, 1.165) is 0 Å². The third kappa shape index (κ3) is 5.23. The summed E-state index contributed by atoms with van der Waals surface area (Å²) in [5, 5.41) is 11.0. The van der Waals surface area contributed by atoms with Gasteiger partial charge in [-0.25, -0.2) is 4.79 Å². The van der Waals surface area contributed by atoms with Crippen LogP contribution < -0.4 is 11.1 Å². The van der Waals surface area contributed by atoms with Crippen LogP contribution in [-0.4, -0.2) is 41.0 Å². The Balaban J connectivity index is 4.27. The minimum Gasteiger partial charge on any atom is -0.424 e. The number of nitrogens with two attached hydrogens (primary N) is 1. The zero-order valence-corrected chi connectivity index (χ0v) is 8.86. The maximum atomic E-state index is 11.2. The second-order valence-electron chi connectivity index (χ2n) is 2.63. The fourth-order valence-corrected chi connectivity index (χ4v) is 0.915. The minimum atomic E-state index is -2.02. The van der Waals surface area contributed by atoms with Gasteiger partial charge in [-0.15, -0.1) is 0 Å². The highest BCUT2D eigenvalue weighted by Crippen LogP contribution is 1.96. The Morgan fingerprint density at radius 2 is 2.07 bits per heavy atom. The van der Waals surface area contributed by atoms with Crippen molar-refractivity contribution in [1.82, 2.24) is 5.32 Å². The summed E-state index contributed by atoms with van der Waals surface area (Å²) in [7, 11) is 0. The van der Waals surface area contributed by atoms with Crippen molar-refractivity contribution in [3.8, 4) is 0 Å². The molecule has 0 aliphatic carbocycles. The van der Waals surface area contributed by atoms with Crippen LogP contribution in [0.4, 0.5) is 0 Å². The molecule has 86 valence electrons. The second-order valence-corrected chi connectivity index (χ2v) is 2.99. The number of aliphatic hydroxyl groups is 1. The van der Waals surface area contributed by atoms with Gasteiger partial charge < -0.3 is 20.9 Å². The molecule has 0 fully saturated rings. The minimum absolute atomic E-state index is 0.0239. The Kier molecular flexibility index (Phi) is 5.72. The van der Waals surface area contributed by atoms with Gasteiger partial charge in [-0.3, -0.25) is 9.59 Å². The van der Waals surface area contributed by atoms with E-state index in [2.05, 4.69) is 28.4 Å². The van der Waals surface area contributed by atoms with E-state index in [9.17, 15) is 14.4 Å². The molecule has 0 aliphatic rings. The predicted molar refractivity (Wildman–Crippen MR) is 52.8 cm³/mol. The summed E-state index contributed by atoms with van der Waals surface area (Å²) in [5.41, 5.74) is 4.65. The van der Waals surface area contributed by atoms with E-state index >= 15 is 0 Å². The summed E-state index contributed by atoms with van der Waals surface area (Å²) in [6.45, 7) is 1.20. The number of amides is 2. The monoisotopic (exact) mass is 236 g/mol. The van der Waals surface area contributed by atoms with Gasteiger partial charge in [-0.05, 0) is 0 Å². The summed E-state index contributed by atoms with van der Waals surface area (Å²) in [6, 6.07) is -1.03. The normalized spacial score (nSPS) is 13.8. The van der Waals surface area contributed by atoms with Crippen LogP contribution in [0.25, 0.3) is 0 Å². The maximum absolute atomic E-state index is 11.2. The van der Waals surface area contributed by atoms with Gasteiger partial charge in [0.1, 0.15) is 6.04 Å². The van der Waals surface area contributed by atoms with Crippen LogP contribution in [0, 0.1) is 0 Å². The number of primary amides is 1. The third-order valence-electron chi connectivity index (χ3n) is 1.32. The molecule has 7 nitrogen and oxygen atoms in total. The van der Waals surface area contributed by atoms with Crippen LogP contribution in [0.2, 0.25) is 0 Å². The molecule has 0 saturated carbocycles. The predicted octanol–water partition coefficient (Wildman–Crippen LogP) is -2.23. The molecule has 8 heteroatoms. The molecule has 0 aromatic rings. The molecular formula is C7H12N2O5S. The van der Waals surface area contributed by atoms with E-state index in [0.29, 0.717) is 0 Å². The largest absolute Gasteiger partial charge is 0.424 e. The first kappa shape index (κ1) is 13.7. The van der Waals surface area contributed by atoms with Crippen LogP contribution in [0.1, 0.15) is 6.92 Å². The lowest BCUT2D eigenvalue weighted by molar-refractivity contribution is -0.176. The molecule has 0 rings (SSSR count). The molecule has 0 aromatic heterocycles. The van der Waals surface area contributed by atoms with Crippen LogP contribution in [-0.2, 0) is 19.1 Å². The summed E-state index contributed by atoms with van der Waals surface area (Å²) in [5.74, 6) is -2.65. The summed E-state index contributed by atoms with van der Waals surface area (Å²) >= 11 is 3.79. The van der Waals surface area contributed by atoms with E-state index in [1.54, 1.807) is 0 Å². The first-order valence-electron chi connectivity index (χ1n) is 3.94. The molecule has 0 aromatic carbocycles. The fraction of sp³-hybridized carbons (Fsp3) is 0.571. The van der Waals surface area contributed by atoms with Crippen LogP contribution in [0.15, 0.2) is 0 Å². The highest BCUT2D eigenvalue weighted by Gasteiger charge is 2.24. The number of thiol groups is 1. The standard InChI is InChI=1S/C7H12N2O5S/c1-3(10)9-4(2-15)6(12)14-7(13)5(8)11/h4,7,13,15H,2H2,1H3,(H2,8,11)(H,9,10). The number of nitrogens with one attached hydrogen (secondary N) is 1. The first-order chi connectivity index (χ1) is 6.88. The van der Waals surface area contributed by atoms with E-state index < -0.39 is 30.1 Å². The molecule has 0 radical (unpaired) electrons. The van der Waals surface area contributed by atoms with Gasteiger partial charge in [0.15, 0.2) is 0 Å². The topological polar surface area (TPSA) is 119 Å². The Morgan fingerprint density at radius 1 is 1.53 bits per heavy atom. The third-order valence-corrected chi connectivity index (χ3v) is 1.68. The number of aliphatic hydroxyl groups excluding tert-OH is 1. The van der Waals surface area contributed by atoms with Crippen LogP contribution in [0.3, 0.4) is 0 Å². The molecule has 0 spiro atoms. The zero-order chi connectivity index (χ0) is 12.0. The summed E-state index contributed by atoms with van der Waals surface area (Å²) in [4.78, 5) is 32.2. The number of ether oxygens (including phenoxy) is 1. The number of rotatable bonds is 5. The van der Waals surface area contributed by atoms with Gasteiger partial charge in [0, 0.05) is 12.7 Å². The van der Waals surface area contributed by atoms with E-state index in [1.807, 2.05) is 0 Å². The number of carbonyl (C=O) groups excluding carboxylic acids is 3. The zero-order valence-electron chi connectivity index (χ0n) is 7.97. The van der Waals surface area contributed by atoms with Gasteiger partial charge in [-0.1, -0.05) is 0 Å². The van der Waals surface area contributed by atoms with E-state index in [1.165, 1.54) is 6.92 Å². The highest BCUT2D eigenvalue weighted by atomic mass is 32.1. The maximum Gasteiger partial charge on any atom is 0.332 e. The molecule has 0 saturated heterocycles. The van der Waals surface area contributed by atoms with Crippen molar-refractivity contribution in [2.24, 2.45) is 5.73 Å². The second kappa shape index (κ2) is 6.25. The van der Waals surface area contributed by atoms with Crippen molar-refractivity contribution >= 4 is 30.4 Å². The smallest absolute Gasteiger partial charge is 0.332 e. The molecule has 2 unspecified atom stereocenters. The molecule has 0 bridgehead atoms. The summed E-state index contributed by atoms with van der Waals surface area (Å²) < 4.78 is 4.24. The lowest BCUT2D eigenvalue weighted by Gasteiger charge is -2.15. The van der Waals surface area contributed by atoms with Gasteiger partial charge in [0.25, 0.3) is 12.2 Å². The van der Waals surface area contributed by atoms with Crippen molar-refractivity contribution in [3.63, 3.8) is 0 Å². The van der Waals surface area contributed by atoms with E-state index in [-0.39, 0.29) is 5.75 Å². The first-order valence-corrected chi connectivity index (χ1v) is 4.57. The fourth-order valence-electron chi connectivity index (χ4n) is 0.675. The molecule has 0 heterocycles. The SMILES string of the molecule is CC(=O)NC(CS)C(=O)OC(O)C(N)=O. The van der Waals surface area contributed by atoms with Crippen molar-refractivity contribution in [3.05, 3.63) is 0 Å². The number of carbonyl (C=O) groups is 3. The molecular weight excluding hydrogens is 224 g/mol. The summed E-state index contributed by atoms with van der Waals surface area (Å²) in [6.07, 6.45) is -2.02. The van der Waals surface area contributed by atoms with Crippen LogP contribution in [0.5, 0.6) is 0 Å². The van der Waals surface area contributed by atoms with Crippen molar-refractivity contribution in [1.29, 1.82) is 0 Å². The number of hydrogen-bond acceptors (Lipinski definition) is 6.